The minimum absolute atomic E-state index is 0.0855. The molecule has 1 N–H and O–H groups in total. The Morgan fingerprint density at radius 3 is 2.88 bits per heavy atom. The number of benzene rings is 2. The molecule has 0 saturated carbocycles. The molecule has 0 atom stereocenters. The van der Waals surface area contributed by atoms with Crippen molar-refractivity contribution in [3.63, 3.8) is 0 Å². The lowest BCUT2D eigenvalue weighted by Crippen LogP contribution is -2.31. The number of pyridine rings is 1. The molecule has 3 heterocycles. The van der Waals surface area contributed by atoms with Crippen molar-refractivity contribution in [3.8, 4) is 5.75 Å². The molecule has 0 amide bonds. The highest BCUT2D eigenvalue weighted by Gasteiger charge is 2.16. The van der Waals surface area contributed by atoms with Gasteiger partial charge in [-0.05, 0) is 79.5 Å². The van der Waals surface area contributed by atoms with E-state index in [1.54, 1.807) is 6.07 Å². The molecule has 1 saturated heterocycles. The molecule has 5 rings (SSSR count). The fraction of sp³-hybridized carbons (Fsp3) is 0.346. The molecule has 6 heteroatoms. The van der Waals surface area contributed by atoms with Gasteiger partial charge in [0.05, 0.1) is 12.1 Å². The smallest absolute Gasteiger partial charge is 0.248 e. The van der Waals surface area contributed by atoms with Gasteiger partial charge >= 0.3 is 0 Å². The Balaban J connectivity index is 1.08. The van der Waals surface area contributed by atoms with E-state index in [-0.39, 0.29) is 5.56 Å². The van der Waals surface area contributed by atoms with Crippen molar-refractivity contribution in [2.45, 2.75) is 19.3 Å². The third kappa shape index (κ3) is 4.81. The van der Waals surface area contributed by atoms with E-state index in [1.165, 1.54) is 22.2 Å². The van der Waals surface area contributed by atoms with E-state index in [4.69, 9.17) is 4.74 Å². The average molecular weight is 448 g/mol. The Bertz CT molecular complexity index is 1250. The van der Waals surface area contributed by atoms with Crippen molar-refractivity contribution < 1.29 is 4.74 Å². The number of unbranched alkanes of at least 4 members (excludes halogenated alkanes) is 1. The molecule has 32 heavy (non-hydrogen) atoms. The van der Waals surface area contributed by atoms with Crippen LogP contribution in [0.1, 0.15) is 19.3 Å². The fourth-order valence-electron chi connectivity index (χ4n) is 4.54. The van der Waals surface area contributed by atoms with Crippen LogP contribution in [0.5, 0.6) is 5.75 Å². The second-order valence-corrected chi connectivity index (χ2v) is 9.37. The van der Waals surface area contributed by atoms with Crippen LogP contribution in [0.25, 0.3) is 21.0 Å². The molecule has 2 aromatic carbocycles. The van der Waals surface area contributed by atoms with Gasteiger partial charge in [-0.25, -0.2) is 0 Å². The number of aromatic nitrogens is 1. The van der Waals surface area contributed by atoms with E-state index >= 15 is 0 Å². The normalized spacial score (nSPS) is 15.3. The lowest BCUT2D eigenvalue weighted by Gasteiger charge is -2.24. The summed E-state index contributed by atoms with van der Waals surface area (Å²) in [5, 5.41) is 4.60. The van der Waals surface area contributed by atoms with Gasteiger partial charge < -0.3 is 19.5 Å². The molecule has 0 radical (unpaired) electrons. The van der Waals surface area contributed by atoms with E-state index in [9.17, 15) is 4.79 Å². The van der Waals surface area contributed by atoms with Gasteiger partial charge in [-0.1, -0.05) is 6.07 Å². The summed E-state index contributed by atoms with van der Waals surface area (Å²) in [5.74, 6) is 0.812. The summed E-state index contributed by atoms with van der Waals surface area (Å²) in [7, 11) is 0. The van der Waals surface area contributed by atoms with Crippen LogP contribution in [0.4, 0.5) is 5.69 Å². The second kappa shape index (κ2) is 9.76. The second-order valence-electron chi connectivity index (χ2n) is 8.42. The highest BCUT2D eigenvalue weighted by atomic mass is 32.1. The quantitative estimate of drug-likeness (QED) is 0.400. The number of fused-ring (bicyclic) bond motifs is 2. The van der Waals surface area contributed by atoms with Gasteiger partial charge in [-0.2, -0.15) is 0 Å². The van der Waals surface area contributed by atoms with Gasteiger partial charge in [0.25, 0.3) is 0 Å². The van der Waals surface area contributed by atoms with E-state index in [1.807, 2.05) is 35.6 Å². The first-order valence-electron chi connectivity index (χ1n) is 11.5. The average Bonchev–Trinajstić information content (AvgIpc) is 3.17. The maximum absolute atomic E-state index is 11.5. The van der Waals surface area contributed by atoms with Crippen molar-refractivity contribution in [1.29, 1.82) is 0 Å². The molecule has 0 aliphatic carbocycles. The van der Waals surface area contributed by atoms with Crippen LogP contribution in [0.2, 0.25) is 0 Å². The van der Waals surface area contributed by atoms with Gasteiger partial charge in [0.15, 0.2) is 0 Å². The highest BCUT2D eigenvalue weighted by Crippen LogP contribution is 2.31. The summed E-state index contributed by atoms with van der Waals surface area (Å²) < 4.78 is 7.30. The Hall–Kier alpha value is -2.83. The molecule has 1 fully saturated rings. The lowest BCUT2D eigenvalue weighted by atomic mass is 10.2. The molecule has 0 spiro atoms. The topological polar surface area (TPSA) is 48.6 Å². The van der Waals surface area contributed by atoms with Crippen LogP contribution in [-0.2, 0) is 0 Å². The predicted molar refractivity (Wildman–Crippen MR) is 134 cm³/mol. The van der Waals surface area contributed by atoms with E-state index in [0.717, 1.165) is 62.2 Å². The van der Waals surface area contributed by atoms with Crippen LogP contribution in [0, 0.1) is 0 Å². The SMILES string of the molecule is O=c1ccc2ccc(OCCCCN3CCCN(c4cccc5sccc45)CC3)cc2[nH]1. The number of thiophene rings is 1. The molecular formula is C26H29N3O2S. The number of ether oxygens (including phenoxy) is 1. The standard InChI is InChI=1S/C26H29N3O2S/c30-26-10-8-20-7-9-21(19-23(20)27-26)31-17-2-1-12-28-13-4-14-29(16-15-28)24-5-3-6-25-22(24)11-18-32-25/h3,5-11,18-19H,1-2,4,12-17H2,(H,27,30). The van der Waals surface area contributed by atoms with E-state index in [0.29, 0.717) is 6.61 Å². The van der Waals surface area contributed by atoms with Crippen molar-refractivity contribution in [3.05, 3.63) is 70.3 Å². The molecule has 5 nitrogen and oxygen atoms in total. The minimum Gasteiger partial charge on any atom is -0.494 e. The number of aromatic amines is 1. The lowest BCUT2D eigenvalue weighted by molar-refractivity contribution is 0.261. The maximum Gasteiger partial charge on any atom is 0.248 e. The number of hydrogen-bond acceptors (Lipinski definition) is 5. The van der Waals surface area contributed by atoms with Crippen molar-refractivity contribution in [2.24, 2.45) is 0 Å². The molecule has 1 aliphatic rings. The van der Waals surface area contributed by atoms with Gasteiger partial charge in [-0.3, -0.25) is 4.79 Å². The Morgan fingerprint density at radius 2 is 1.91 bits per heavy atom. The third-order valence-corrected chi connectivity index (χ3v) is 7.12. The molecule has 4 aromatic rings. The van der Waals surface area contributed by atoms with Crippen LogP contribution in [0.15, 0.2) is 64.8 Å². The molecule has 1 aliphatic heterocycles. The van der Waals surface area contributed by atoms with Gasteiger partial charge in [0.1, 0.15) is 5.75 Å². The summed E-state index contributed by atoms with van der Waals surface area (Å²) in [6, 6.07) is 18.2. The van der Waals surface area contributed by atoms with E-state index < -0.39 is 0 Å². The highest BCUT2D eigenvalue weighted by molar-refractivity contribution is 7.17. The number of hydrogen-bond donors (Lipinski definition) is 1. The number of nitrogens with zero attached hydrogens (tertiary/aromatic N) is 2. The summed E-state index contributed by atoms with van der Waals surface area (Å²) in [4.78, 5) is 19.5. The summed E-state index contributed by atoms with van der Waals surface area (Å²) in [6.07, 6.45) is 3.36. The summed E-state index contributed by atoms with van der Waals surface area (Å²) in [5.41, 5.74) is 2.12. The van der Waals surface area contributed by atoms with Crippen LogP contribution >= 0.6 is 11.3 Å². The Kier molecular flexibility index (Phi) is 6.41. The molecular weight excluding hydrogens is 418 g/mol. The monoisotopic (exact) mass is 447 g/mol. The third-order valence-electron chi connectivity index (χ3n) is 6.24. The number of nitrogens with one attached hydrogen (secondary N) is 1. The van der Waals surface area contributed by atoms with Crippen LogP contribution in [0.3, 0.4) is 0 Å². The largest absolute Gasteiger partial charge is 0.494 e. The first-order valence-corrected chi connectivity index (χ1v) is 12.3. The van der Waals surface area contributed by atoms with Crippen LogP contribution < -0.4 is 15.2 Å². The van der Waals surface area contributed by atoms with Gasteiger partial charge in [0.2, 0.25) is 5.56 Å². The molecule has 0 bridgehead atoms. The molecule has 2 aromatic heterocycles. The van der Waals surface area contributed by atoms with E-state index in [2.05, 4.69) is 44.4 Å². The van der Waals surface area contributed by atoms with Crippen LogP contribution in [-0.4, -0.2) is 49.2 Å². The molecule has 0 unspecified atom stereocenters. The van der Waals surface area contributed by atoms with Crippen molar-refractivity contribution in [2.75, 3.05) is 44.2 Å². The van der Waals surface area contributed by atoms with Gasteiger partial charge in [0, 0.05) is 47.5 Å². The zero-order valence-electron chi connectivity index (χ0n) is 18.3. The Morgan fingerprint density at radius 1 is 0.969 bits per heavy atom. The summed E-state index contributed by atoms with van der Waals surface area (Å²) in [6.45, 7) is 6.29. The van der Waals surface area contributed by atoms with Gasteiger partial charge in [-0.15, -0.1) is 11.3 Å². The first kappa shape index (κ1) is 21.0. The van der Waals surface area contributed by atoms with Crippen molar-refractivity contribution >= 4 is 38.0 Å². The van der Waals surface area contributed by atoms with Crippen molar-refractivity contribution in [1.82, 2.24) is 9.88 Å². The fourth-order valence-corrected chi connectivity index (χ4v) is 5.34. The molecule has 166 valence electrons. The minimum atomic E-state index is -0.0855. The predicted octanol–water partition coefficient (Wildman–Crippen LogP) is 5.11. The zero-order chi connectivity index (χ0) is 21.8. The maximum atomic E-state index is 11.5. The Labute approximate surface area is 192 Å². The number of rotatable bonds is 7. The first-order chi connectivity index (χ1) is 15.8. The number of H-pyrrole nitrogens is 1. The zero-order valence-corrected chi connectivity index (χ0v) is 19.1. The number of anilines is 1. The summed E-state index contributed by atoms with van der Waals surface area (Å²) >= 11 is 1.82.